The van der Waals surface area contributed by atoms with Gasteiger partial charge in [0.2, 0.25) is 0 Å². The van der Waals surface area contributed by atoms with E-state index < -0.39 is 0 Å². The molecule has 0 aliphatic carbocycles. The van der Waals surface area contributed by atoms with Gasteiger partial charge in [0.05, 0.1) is 6.20 Å². The maximum Gasteiger partial charge on any atom is 0.157 e. The quantitative estimate of drug-likeness (QED) is 0.722. The molecule has 3 aromatic rings. The second kappa shape index (κ2) is 4.55. The summed E-state index contributed by atoms with van der Waals surface area (Å²) in [6, 6.07) is 6.17. The van der Waals surface area contributed by atoms with Crippen molar-refractivity contribution in [3.63, 3.8) is 0 Å². The Bertz CT molecular complexity index is 787. The Kier molecular flexibility index (Phi) is 2.67. The van der Waals surface area contributed by atoms with Gasteiger partial charge in [-0.15, -0.1) is 0 Å². The minimum atomic E-state index is 0.575. The van der Waals surface area contributed by atoms with E-state index in [4.69, 9.17) is 0 Å². The van der Waals surface area contributed by atoms with Crippen LogP contribution in [0.4, 0.5) is 5.82 Å². The number of aryl methyl sites for hydroxylation is 1. The third kappa shape index (κ3) is 1.88. The van der Waals surface area contributed by atoms with Gasteiger partial charge in [0.25, 0.3) is 0 Å². The highest BCUT2D eigenvalue weighted by atomic mass is 15.4. The molecule has 3 aromatic heterocycles. The van der Waals surface area contributed by atoms with E-state index in [9.17, 15) is 0 Å². The van der Waals surface area contributed by atoms with E-state index in [-0.39, 0.29) is 0 Å². The molecule has 0 atom stereocenters. The highest BCUT2D eigenvalue weighted by Crippen LogP contribution is 2.33. The molecule has 1 aliphatic heterocycles. The Morgan fingerprint density at radius 3 is 2.57 bits per heavy atom. The minimum Gasteiger partial charge on any atom is -0.355 e. The molecule has 0 bridgehead atoms. The Hall–Kier alpha value is -2.43. The zero-order valence-corrected chi connectivity index (χ0v) is 12.2. The summed E-state index contributed by atoms with van der Waals surface area (Å²) in [4.78, 5) is 11.1. The molecule has 1 saturated heterocycles. The molecule has 1 fully saturated rings. The molecule has 0 saturated carbocycles. The van der Waals surface area contributed by atoms with Crippen molar-refractivity contribution < 1.29 is 0 Å². The van der Waals surface area contributed by atoms with Crippen LogP contribution in [0.25, 0.3) is 5.65 Å². The van der Waals surface area contributed by atoms with E-state index in [0.717, 1.165) is 24.4 Å². The molecule has 0 N–H and O–H groups in total. The lowest BCUT2D eigenvalue weighted by Gasteiger charge is -2.41. The molecule has 0 spiro atoms. The smallest absolute Gasteiger partial charge is 0.157 e. The molecule has 5 nitrogen and oxygen atoms in total. The second-order valence-electron chi connectivity index (χ2n) is 5.63. The molecular weight excluding hydrogens is 262 g/mol. The van der Waals surface area contributed by atoms with Crippen molar-refractivity contribution in [1.29, 1.82) is 0 Å². The molecule has 21 heavy (non-hydrogen) atoms. The van der Waals surface area contributed by atoms with Crippen molar-refractivity contribution in [3.05, 3.63) is 53.6 Å². The predicted molar refractivity (Wildman–Crippen MR) is 81.7 cm³/mol. The number of fused-ring (bicyclic) bond motifs is 1. The summed E-state index contributed by atoms with van der Waals surface area (Å²) >= 11 is 0. The monoisotopic (exact) mass is 279 g/mol. The van der Waals surface area contributed by atoms with E-state index in [1.54, 1.807) is 0 Å². The zero-order chi connectivity index (χ0) is 14.4. The fourth-order valence-electron chi connectivity index (χ4n) is 2.99. The van der Waals surface area contributed by atoms with Crippen LogP contribution in [0.1, 0.15) is 22.7 Å². The third-order valence-electron chi connectivity index (χ3n) is 4.34. The number of aromatic nitrogens is 4. The summed E-state index contributed by atoms with van der Waals surface area (Å²) in [6.45, 7) is 6.22. The Balaban J connectivity index is 1.67. The van der Waals surface area contributed by atoms with Gasteiger partial charge in [0, 0.05) is 48.7 Å². The SMILES string of the molecule is Cc1nc2ccnn2c(N2CC(c3ccncc3)C2)c1C. The first-order valence-corrected chi connectivity index (χ1v) is 7.20. The molecule has 0 amide bonds. The molecule has 0 unspecified atom stereocenters. The molecule has 1 aliphatic rings. The summed E-state index contributed by atoms with van der Waals surface area (Å²) in [5.41, 5.74) is 4.56. The van der Waals surface area contributed by atoms with Crippen LogP contribution >= 0.6 is 0 Å². The van der Waals surface area contributed by atoms with Crippen molar-refractivity contribution in [1.82, 2.24) is 19.6 Å². The Morgan fingerprint density at radius 2 is 1.81 bits per heavy atom. The fraction of sp³-hybridized carbons (Fsp3) is 0.312. The molecule has 4 rings (SSSR count). The van der Waals surface area contributed by atoms with Crippen molar-refractivity contribution >= 4 is 11.5 Å². The van der Waals surface area contributed by atoms with Crippen LogP contribution in [0.3, 0.4) is 0 Å². The van der Waals surface area contributed by atoms with E-state index in [0.29, 0.717) is 5.92 Å². The first-order chi connectivity index (χ1) is 10.2. The van der Waals surface area contributed by atoms with Crippen LogP contribution in [0.2, 0.25) is 0 Å². The molecule has 106 valence electrons. The van der Waals surface area contributed by atoms with Crippen LogP contribution in [0.5, 0.6) is 0 Å². The number of nitrogens with zero attached hydrogens (tertiary/aromatic N) is 5. The van der Waals surface area contributed by atoms with Gasteiger partial charge in [-0.05, 0) is 31.5 Å². The van der Waals surface area contributed by atoms with Gasteiger partial charge in [0.15, 0.2) is 5.65 Å². The van der Waals surface area contributed by atoms with Crippen LogP contribution in [0.15, 0.2) is 36.8 Å². The lowest BCUT2D eigenvalue weighted by Crippen LogP contribution is -2.46. The van der Waals surface area contributed by atoms with Gasteiger partial charge in [-0.25, -0.2) is 4.98 Å². The summed E-state index contributed by atoms with van der Waals surface area (Å²) in [5.74, 6) is 1.75. The first-order valence-electron chi connectivity index (χ1n) is 7.20. The summed E-state index contributed by atoms with van der Waals surface area (Å²) in [7, 11) is 0. The van der Waals surface area contributed by atoms with E-state index in [1.165, 1.54) is 16.9 Å². The van der Waals surface area contributed by atoms with Gasteiger partial charge >= 0.3 is 0 Å². The molecule has 0 aromatic carbocycles. The topological polar surface area (TPSA) is 46.3 Å². The number of pyridine rings is 1. The fourth-order valence-corrected chi connectivity index (χ4v) is 2.99. The van der Waals surface area contributed by atoms with Crippen molar-refractivity contribution in [2.75, 3.05) is 18.0 Å². The van der Waals surface area contributed by atoms with Crippen molar-refractivity contribution in [3.8, 4) is 0 Å². The predicted octanol–water partition coefficient (Wildman–Crippen LogP) is 2.34. The highest BCUT2D eigenvalue weighted by Gasteiger charge is 2.31. The van der Waals surface area contributed by atoms with Gasteiger partial charge in [-0.3, -0.25) is 4.98 Å². The van der Waals surface area contributed by atoms with Crippen LogP contribution in [-0.2, 0) is 0 Å². The van der Waals surface area contributed by atoms with Crippen molar-refractivity contribution in [2.45, 2.75) is 19.8 Å². The van der Waals surface area contributed by atoms with Gasteiger partial charge in [0.1, 0.15) is 5.82 Å². The number of rotatable bonds is 2. The standard InChI is InChI=1S/C16H17N5/c1-11-12(2)19-15-5-8-18-21(15)16(11)20-9-14(10-20)13-3-6-17-7-4-13/h3-8,14H,9-10H2,1-2H3. The largest absolute Gasteiger partial charge is 0.355 e. The molecule has 0 radical (unpaired) electrons. The Morgan fingerprint density at radius 1 is 1.05 bits per heavy atom. The van der Waals surface area contributed by atoms with Crippen LogP contribution < -0.4 is 4.90 Å². The van der Waals surface area contributed by atoms with Crippen LogP contribution in [-0.4, -0.2) is 32.7 Å². The van der Waals surface area contributed by atoms with Crippen LogP contribution in [0, 0.1) is 13.8 Å². The van der Waals surface area contributed by atoms with Gasteiger partial charge < -0.3 is 4.90 Å². The summed E-state index contributed by atoms with van der Waals surface area (Å²) < 4.78 is 1.95. The lowest BCUT2D eigenvalue weighted by atomic mass is 9.92. The van der Waals surface area contributed by atoms with Gasteiger partial charge in [-0.1, -0.05) is 0 Å². The number of hydrogen-bond donors (Lipinski definition) is 0. The maximum absolute atomic E-state index is 4.58. The van der Waals surface area contributed by atoms with Gasteiger partial charge in [-0.2, -0.15) is 9.61 Å². The van der Waals surface area contributed by atoms with E-state index in [2.05, 4.69) is 45.9 Å². The third-order valence-corrected chi connectivity index (χ3v) is 4.34. The average molecular weight is 279 g/mol. The lowest BCUT2D eigenvalue weighted by molar-refractivity contribution is 0.512. The molecule has 4 heterocycles. The number of hydrogen-bond acceptors (Lipinski definition) is 4. The first kappa shape index (κ1) is 12.3. The molecular formula is C16H17N5. The Labute approximate surface area is 123 Å². The number of anilines is 1. The second-order valence-corrected chi connectivity index (χ2v) is 5.63. The van der Waals surface area contributed by atoms with Crippen molar-refractivity contribution in [2.24, 2.45) is 0 Å². The zero-order valence-electron chi connectivity index (χ0n) is 12.2. The van der Waals surface area contributed by atoms with E-state index >= 15 is 0 Å². The highest BCUT2D eigenvalue weighted by molar-refractivity contribution is 5.58. The summed E-state index contributed by atoms with van der Waals surface area (Å²) in [6.07, 6.45) is 5.54. The average Bonchev–Trinajstić information content (AvgIpc) is 2.90. The maximum atomic E-state index is 4.58. The minimum absolute atomic E-state index is 0.575. The summed E-state index contributed by atoms with van der Waals surface area (Å²) in [5, 5.41) is 4.42. The van der Waals surface area contributed by atoms with E-state index in [1.807, 2.05) is 29.2 Å². The normalized spacial score (nSPS) is 15.4. The molecule has 5 heteroatoms.